The Hall–Kier alpha value is -4.18. The number of nitrogens with zero attached hydrogens (tertiary/aromatic N) is 2. The summed E-state index contributed by atoms with van der Waals surface area (Å²) in [7, 11) is 0. The molecule has 0 amide bonds. The van der Waals surface area contributed by atoms with E-state index in [9.17, 15) is 0 Å². The largest absolute Gasteiger partial charge is 0.444 e. The molecule has 4 aromatic carbocycles. The molecular weight excluding hydrogens is 824 g/mol. The molecule has 0 N–H and O–H groups in total. The van der Waals surface area contributed by atoms with Crippen LogP contribution in [0.25, 0.3) is 0 Å². The second-order valence-corrected chi connectivity index (χ2v) is 29.3. The predicted octanol–water partition coefficient (Wildman–Crippen LogP) is 16.1. The highest BCUT2D eigenvalue weighted by Crippen LogP contribution is 2.57. The highest BCUT2D eigenvalue weighted by atomic mass is 16.4. The van der Waals surface area contributed by atoms with Crippen LogP contribution in [0.5, 0.6) is 0 Å². The quantitative estimate of drug-likeness (QED) is 0.161. The van der Waals surface area contributed by atoms with E-state index in [0.717, 1.165) is 18.7 Å². The van der Waals surface area contributed by atoms with Gasteiger partial charge in [-0.2, -0.15) is 0 Å². The summed E-state index contributed by atoms with van der Waals surface area (Å²) in [5.41, 5.74) is 22.7. The average Bonchev–Trinajstić information content (AvgIpc) is 3.67. The van der Waals surface area contributed by atoms with Crippen molar-refractivity contribution in [2.24, 2.45) is 0 Å². The lowest BCUT2D eigenvalue weighted by Crippen LogP contribution is -2.63. The lowest BCUT2D eigenvalue weighted by atomic mass is 9.32. The summed E-state index contributed by atoms with van der Waals surface area (Å²) in [6, 6.07) is 25.7. The van der Waals surface area contributed by atoms with Crippen LogP contribution in [0, 0.1) is 0 Å². The van der Waals surface area contributed by atoms with E-state index >= 15 is 0 Å². The van der Waals surface area contributed by atoms with E-state index in [1.54, 1.807) is 0 Å². The Bertz CT molecular complexity index is 2970. The predicted molar refractivity (Wildman–Crippen MR) is 293 cm³/mol. The third-order valence-electron chi connectivity index (χ3n) is 19.6. The molecule has 358 valence electrons. The van der Waals surface area contributed by atoms with Gasteiger partial charge in [0, 0.05) is 33.9 Å². The molecule has 3 nitrogen and oxygen atoms in total. The minimum atomic E-state index is -0.114. The summed E-state index contributed by atoms with van der Waals surface area (Å²) in [4.78, 5) is 5.37. The molecule has 0 saturated heterocycles. The zero-order valence-electron chi connectivity index (χ0n) is 45.8. The van der Waals surface area contributed by atoms with Crippen molar-refractivity contribution in [3.05, 3.63) is 111 Å². The van der Waals surface area contributed by atoms with Crippen molar-refractivity contribution >= 4 is 57.4 Å². The molecule has 3 heterocycles. The van der Waals surface area contributed by atoms with Crippen LogP contribution >= 0.6 is 0 Å². The highest BCUT2D eigenvalue weighted by molar-refractivity contribution is 7.00. The van der Waals surface area contributed by atoms with Gasteiger partial charge in [-0.15, -0.1) is 0 Å². The van der Waals surface area contributed by atoms with Crippen LogP contribution in [0.3, 0.4) is 0 Å². The Morgan fingerprint density at radius 2 is 0.809 bits per heavy atom. The van der Waals surface area contributed by atoms with Gasteiger partial charge in [-0.25, -0.2) is 0 Å². The number of hydrogen-bond donors (Lipinski definition) is 0. The maximum Gasteiger partial charge on any atom is 0.256 e. The number of anilines is 6. The Kier molecular flexibility index (Phi) is 9.39. The number of fused-ring (bicyclic) bond motifs is 9. The van der Waals surface area contributed by atoms with Gasteiger partial charge in [0.15, 0.2) is 5.88 Å². The average molecular weight is 907 g/mol. The monoisotopic (exact) mass is 907 g/mol. The molecule has 4 aliphatic carbocycles. The second kappa shape index (κ2) is 13.8. The van der Waals surface area contributed by atoms with E-state index in [-0.39, 0.29) is 55.4 Å². The lowest BCUT2D eigenvalue weighted by Gasteiger charge is -2.48. The molecule has 6 aliphatic rings. The van der Waals surface area contributed by atoms with Crippen molar-refractivity contribution in [1.29, 1.82) is 0 Å². The second-order valence-electron chi connectivity index (χ2n) is 29.3. The van der Waals surface area contributed by atoms with Gasteiger partial charge in [0.2, 0.25) is 0 Å². The molecule has 1 aromatic heterocycles. The third kappa shape index (κ3) is 6.48. The van der Waals surface area contributed by atoms with E-state index in [2.05, 4.69) is 202 Å². The molecule has 11 rings (SSSR count). The normalized spacial score (nSPS) is 23.3. The van der Waals surface area contributed by atoms with E-state index < -0.39 is 0 Å². The Labute approximate surface area is 412 Å². The van der Waals surface area contributed by atoms with E-state index in [1.165, 1.54) is 134 Å². The maximum absolute atomic E-state index is 7.79. The van der Waals surface area contributed by atoms with Crippen molar-refractivity contribution < 1.29 is 4.42 Å². The third-order valence-corrected chi connectivity index (χ3v) is 19.6. The van der Waals surface area contributed by atoms with E-state index in [4.69, 9.17) is 4.42 Å². The fourth-order valence-corrected chi connectivity index (χ4v) is 14.3. The van der Waals surface area contributed by atoms with Gasteiger partial charge in [0.25, 0.3) is 6.71 Å². The summed E-state index contributed by atoms with van der Waals surface area (Å²) in [6.07, 6.45) is 9.35. The fraction of sp³-hybridized carbons (Fsp3) is 0.562. The van der Waals surface area contributed by atoms with Gasteiger partial charge in [-0.05, 0) is 198 Å². The zero-order valence-corrected chi connectivity index (χ0v) is 45.8. The minimum absolute atomic E-state index is 0.000616. The molecule has 68 heavy (non-hydrogen) atoms. The van der Waals surface area contributed by atoms with E-state index in [0.29, 0.717) is 0 Å². The fourth-order valence-electron chi connectivity index (χ4n) is 14.3. The number of hydrogen-bond acceptors (Lipinski definition) is 3. The molecule has 0 fully saturated rings. The maximum atomic E-state index is 7.79. The van der Waals surface area contributed by atoms with Crippen LogP contribution in [0.2, 0.25) is 0 Å². The molecule has 0 unspecified atom stereocenters. The summed E-state index contributed by atoms with van der Waals surface area (Å²) >= 11 is 0. The molecular formula is C64H83BN2O. The van der Waals surface area contributed by atoms with Crippen molar-refractivity contribution in [3.8, 4) is 0 Å². The van der Waals surface area contributed by atoms with Gasteiger partial charge >= 0.3 is 0 Å². The van der Waals surface area contributed by atoms with Crippen LogP contribution in [0.15, 0.2) is 65.1 Å². The first kappa shape index (κ1) is 46.2. The van der Waals surface area contributed by atoms with Gasteiger partial charge < -0.3 is 9.32 Å². The van der Waals surface area contributed by atoms with Crippen LogP contribution < -0.4 is 26.2 Å². The first-order valence-electron chi connectivity index (χ1n) is 26.7. The summed E-state index contributed by atoms with van der Waals surface area (Å²) < 4.78 is 7.79. The topological polar surface area (TPSA) is 19.6 Å². The van der Waals surface area contributed by atoms with Crippen LogP contribution in [-0.4, -0.2) is 6.71 Å². The zero-order chi connectivity index (χ0) is 49.1. The van der Waals surface area contributed by atoms with Crippen molar-refractivity contribution in [2.45, 2.75) is 232 Å². The number of furan rings is 1. The molecule has 5 aromatic rings. The number of benzene rings is 4. The SMILES string of the molecule is CC(C)(C)c1cc2c3c(c1)N(c1ccc4c(c1)C(C)(C)CCC4(C)C)c1oc4c(c1B3c1cc3c(cc1N2c1ccc2c(c1)C(C)(C)CCC2(C)C)C(C)(C)CCC3(C)C)C(C)(C)CCC4(C)C. The number of rotatable bonds is 2. The Morgan fingerprint density at radius 3 is 1.29 bits per heavy atom. The van der Waals surface area contributed by atoms with Crippen LogP contribution in [0.4, 0.5) is 34.3 Å². The molecule has 2 aliphatic heterocycles. The van der Waals surface area contributed by atoms with Crippen LogP contribution in [0.1, 0.15) is 233 Å². The van der Waals surface area contributed by atoms with Gasteiger partial charge in [-0.3, -0.25) is 4.90 Å². The molecule has 0 atom stereocenters. The van der Waals surface area contributed by atoms with Crippen LogP contribution in [-0.2, 0) is 48.7 Å². The standard InChI is InChI=1S/C64H83BN2O/c1-56(2,3)38-32-49-52-50(33-38)67(40-21-23-42-44(35-40)60(10,11)27-25-58(42,6)7)55-53(51-54(68-55)64(18,19)31-30-63(51,16)17)65(52)47-36-45-46(62(14,15)29-28-61(45,12)13)37-48(47)66(49)39-20-22-41-43(34-39)59(8,9)26-24-57(41,4)5/h20-23,32-37H,24-31H2,1-19H3. The minimum Gasteiger partial charge on any atom is -0.444 e. The van der Waals surface area contributed by atoms with Crippen molar-refractivity contribution in [1.82, 2.24) is 0 Å². The van der Waals surface area contributed by atoms with Crippen molar-refractivity contribution in [3.63, 3.8) is 0 Å². The Morgan fingerprint density at radius 1 is 0.412 bits per heavy atom. The smallest absolute Gasteiger partial charge is 0.256 e. The highest BCUT2D eigenvalue weighted by Gasteiger charge is 2.54. The van der Waals surface area contributed by atoms with Crippen molar-refractivity contribution in [2.75, 3.05) is 9.80 Å². The van der Waals surface area contributed by atoms with E-state index in [1.807, 2.05) is 0 Å². The molecule has 4 heteroatoms. The molecule has 0 bridgehead atoms. The summed E-state index contributed by atoms with van der Waals surface area (Å²) in [5, 5.41) is 0. The van der Waals surface area contributed by atoms with Gasteiger partial charge in [-0.1, -0.05) is 150 Å². The lowest BCUT2D eigenvalue weighted by molar-refractivity contribution is 0.280. The Balaban J connectivity index is 1.31. The molecule has 0 saturated carbocycles. The summed E-state index contributed by atoms with van der Waals surface area (Å²) in [5.74, 6) is 2.23. The first-order valence-corrected chi connectivity index (χ1v) is 26.7. The summed E-state index contributed by atoms with van der Waals surface area (Å²) in [6.45, 7) is 46.9. The van der Waals surface area contributed by atoms with Gasteiger partial charge in [0.05, 0.1) is 0 Å². The molecule has 0 radical (unpaired) electrons. The first-order chi connectivity index (χ1) is 31.3. The molecule has 0 spiro atoms. The van der Waals surface area contributed by atoms with Gasteiger partial charge in [0.1, 0.15) is 5.76 Å².